The zero-order chi connectivity index (χ0) is 14.4. The van der Waals surface area contributed by atoms with Crippen LogP contribution < -0.4 is 10.2 Å². The highest BCUT2D eigenvalue weighted by Crippen LogP contribution is 2.21. The molecule has 2 rings (SSSR count). The fourth-order valence-corrected chi connectivity index (χ4v) is 2.52. The second-order valence-electron chi connectivity index (χ2n) is 5.01. The molecule has 0 aromatic heterocycles. The third-order valence-electron chi connectivity index (χ3n) is 3.59. The molecule has 0 bridgehead atoms. The summed E-state index contributed by atoms with van der Waals surface area (Å²) in [6, 6.07) is 6.97. The molecule has 1 heterocycles. The molecule has 1 saturated heterocycles. The molecule has 1 fully saturated rings. The highest BCUT2D eigenvalue weighted by atomic mass is 19.1. The molecule has 4 nitrogen and oxygen atoms in total. The number of halogens is 1. The minimum atomic E-state index is -0.349. The summed E-state index contributed by atoms with van der Waals surface area (Å²) >= 11 is 0. The van der Waals surface area contributed by atoms with Gasteiger partial charge in [0.1, 0.15) is 5.82 Å². The summed E-state index contributed by atoms with van der Waals surface area (Å²) in [4.78, 5) is 1.99. The Morgan fingerprint density at radius 3 is 3.00 bits per heavy atom. The van der Waals surface area contributed by atoms with Crippen molar-refractivity contribution in [2.24, 2.45) is 0 Å². The summed E-state index contributed by atoms with van der Waals surface area (Å²) in [7, 11) is 1.64. The number of anilines is 1. The number of nitrogens with zero attached hydrogens (tertiary/aromatic N) is 2. The van der Waals surface area contributed by atoms with Gasteiger partial charge in [-0.2, -0.15) is 5.26 Å². The third-order valence-corrected chi connectivity index (χ3v) is 3.59. The quantitative estimate of drug-likeness (QED) is 0.863. The summed E-state index contributed by atoms with van der Waals surface area (Å²) in [6.07, 6.45) is 2.28. The van der Waals surface area contributed by atoms with E-state index in [1.807, 2.05) is 11.0 Å². The Labute approximate surface area is 119 Å². The molecule has 0 saturated carbocycles. The van der Waals surface area contributed by atoms with Gasteiger partial charge in [0.05, 0.1) is 23.9 Å². The van der Waals surface area contributed by atoms with Crippen molar-refractivity contribution in [3.8, 4) is 6.07 Å². The van der Waals surface area contributed by atoms with Crippen LogP contribution in [0.2, 0.25) is 0 Å². The van der Waals surface area contributed by atoms with Gasteiger partial charge in [-0.3, -0.25) is 0 Å². The van der Waals surface area contributed by atoms with Crippen molar-refractivity contribution in [1.82, 2.24) is 5.32 Å². The first-order valence-corrected chi connectivity index (χ1v) is 6.91. The van der Waals surface area contributed by atoms with Crippen LogP contribution in [0.15, 0.2) is 18.2 Å². The minimum Gasteiger partial charge on any atom is -0.383 e. The van der Waals surface area contributed by atoms with Crippen molar-refractivity contribution in [2.45, 2.75) is 18.9 Å². The first kappa shape index (κ1) is 14.8. The van der Waals surface area contributed by atoms with Gasteiger partial charge in [0, 0.05) is 26.2 Å². The number of methoxy groups -OCH3 is 1. The molecular formula is C15H20FN3O. The van der Waals surface area contributed by atoms with Crippen LogP contribution in [0.3, 0.4) is 0 Å². The third kappa shape index (κ3) is 3.69. The van der Waals surface area contributed by atoms with Gasteiger partial charge in [0.2, 0.25) is 0 Å². The average Bonchev–Trinajstić information content (AvgIpc) is 2.96. The molecule has 0 radical (unpaired) electrons. The van der Waals surface area contributed by atoms with Gasteiger partial charge < -0.3 is 15.0 Å². The number of hydrogen-bond donors (Lipinski definition) is 1. The lowest BCUT2D eigenvalue weighted by molar-refractivity contribution is 0.204. The molecular weight excluding hydrogens is 257 g/mol. The lowest BCUT2D eigenvalue weighted by atomic mass is 10.1. The van der Waals surface area contributed by atoms with Crippen molar-refractivity contribution in [1.29, 1.82) is 5.26 Å². The summed E-state index contributed by atoms with van der Waals surface area (Å²) in [6.45, 7) is 2.97. The van der Waals surface area contributed by atoms with E-state index in [1.54, 1.807) is 19.2 Å². The fraction of sp³-hybridized carbons (Fsp3) is 0.533. The second kappa shape index (κ2) is 7.22. The van der Waals surface area contributed by atoms with E-state index in [-0.39, 0.29) is 5.82 Å². The molecule has 1 unspecified atom stereocenters. The Kier molecular flexibility index (Phi) is 5.33. The standard InChI is InChI=1S/C15H20FN3O/c1-20-8-7-19(11-13-3-2-6-18-13)15-5-4-12(10-17)9-14(15)16/h4-5,9,13,18H,2-3,6-8,11H2,1H3. The Hall–Kier alpha value is -1.64. The molecule has 1 aliphatic rings. The maximum absolute atomic E-state index is 14.1. The summed E-state index contributed by atoms with van der Waals surface area (Å²) in [5, 5.41) is 12.2. The first-order valence-electron chi connectivity index (χ1n) is 6.91. The first-order chi connectivity index (χ1) is 9.74. The van der Waals surface area contributed by atoms with Crippen LogP contribution in [-0.4, -0.2) is 39.4 Å². The van der Waals surface area contributed by atoms with Crippen LogP contribution in [0.4, 0.5) is 10.1 Å². The molecule has 1 N–H and O–H groups in total. The summed E-state index contributed by atoms with van der Waals surface area (Å²) in [5.74, 6) is -0.349. The van der Waals surface area contributed by atoms with E-state index >= 15 is 0 Å². The maximum atomic E-state index is 14.1. The Morgan fingerprint density at radius 2 is 2.40 bits per heavy atom. The fourth-order valence-electron chi connectivity index (χ4n) is 2.52. The van der Waals surface area contributed by atoms with Crippen molar-refractivity contribution in [2.75, 3.05) is 38.3 Å². The normalized spacial score (nSPS) is 17.9. The van der Waals surface area contributed by atoms with Gasteiger partial charge in [-0.25, -0.2) is 4.39 Å². The number of nitrogens with one attached hydrogen (secondary N) is 1. The number of hydrogen-bond acceptors (Lipinski definition) is 4. The van der Waals surface area contributed by atoms with Gasteiger partial charge in [-0.15, -0.1) is 0 Å². The molecule has 0 amide bonds. The van der Waals surface area contributed by atoms with Crippen LogP contribution in [0.5, 0.6) is 0 Å². The van der Waals surface area contributed by atoms with Crippen molar-refractivity contribution < 1.29 is 9.13 Å². The zero-order valence-corrected chi connectivity index (χ0v) is 11.7. The van der Waals surface area contributed by atoms with Crippen molar-refractivity contribution >= 4 is 5.69 Å². The van der Waals surface area contributed by atoms with Gasteiger partial charge >= 0.3 is 0 Å². The Morgan fingerprint density at radius 1 is 1.55 bits per heavy atom. The predicted molar refractivity (Wildman–Crippen MR) is 76.2 cm³/mol. The van der Waals surface area contributed by atoms with E-state index in [1.165, 1.54) is 12.5 Å². The molecule has 1 atom stereocenters. The highest BCUT2D eigenvalue weighted by Gasteiger charge is 2.20. The van der Waals surface area contributed by atoms with Gasteiger partial charge in [0.25, 0.3) is 0 Å². The van der Waals surface area contributed by atoms with Gasteiger partial charge in [-0.1, -0.05) is 0 Å². The molecule has 1 aliphatic heterocycles. The molecule has 0 spiro atoms. The van der Waals surface area contributed by atoms with E-state index in [9.17, 15) is 4.39 Å². The minimum absolute atomic E-state index is 0.344. The maximum Gasteiger partial charge on any atom is 0.147 e. The summed E-state index contributed by atoms with van der Waals surface area (Å²) in [5.41, 5.74) is 0.881. The average molecular weight is 277 g/mol. The smallest absolute Gasteiger partial charge is 0.147 e. The van der Waals surface area contributed by atoms with E-state index in [2.05, 4.69) is 5.32 Å². The largest absolute Gasteiger partial charge is 0.383 e. The second-order valence-corrected chi connectivity index (χ2v) is 5.01. The van der Waals surface area contributed by atoms with Gasteiger partial charge in [-0.05, 0) is 37.6 Å². The molecule has 20 heavy (non-hydrogen) atoms. The topological polar surface area (TPSA) is 48.3 Å². The monoisotopic (exact) mass is 277 g/mol. The predicted octanol–water partition coefficient (Wildman–Crippen LogP) is 1.90. The molecule has 1 aromatic rings. The number of benzene rings is 1. The molecule has 5 heteroatoms. The molecule has 108 valence electrons. The van der Waals surface area contributed by atoms with Crippen molar-refractivity contribution in [3.63, 3.8) is 0 Å². The van der Waals surface area contributed by atoms with Gasteiger partial charge in [0.15, 0.2) is 0 Å². The molecule has 0 aliphatic carbocycles. The number of ether oxygens (including phenoxy) is 1. The zero-order valence-electron chi connectivity index (χ0n) is 11.7. The Bertz CT molecular complexity index is 480. The number of rotatable bonds is 6. The Balaban J connectivity index is 2.14. The van der Waals surface area contributed by atoms with Crippen LogP contribution >= 0.6 is 0 Å². The van der Waals surface area contributed by atoms with Crippen LogP contribution in [0, 0.1) is 17.1 Å². The van der Waals surface area contributed by atoms with Crippen LogP contribution in [0.25, 0.3) is 0 Å². The van der Waals surface area contributed by atoms with Crippen molar-refractivity contribution in [3.05, 3.63) is 29.6 Å². The van der Waals surface area contributed by atoms with Crippen LogP contribution in [-0.2, 0) is 4.74 Å². The summed E-state index contributed by atoms with van der Waals surface area (Å²) < 4.78 is 19.2. The lowest BCUT2D eigenvalue weighted by Crippen LogP contribution is -2.39. The van der Waals surface area contributed by atoms with E-state index in [0.29, 0.717) is 30.4 Å². The van der Waals surface area contributed by atoms with E-state index < -0.39 is 0 Å². The number of nitriles is 1. The highest BCUT2D eigenvalue weighted by molar-refractivity contribution is 5.51. The van der Waals surface area contributed by atoms with Crippen LogP contribution in [0.1, 0.15) is 18.4 Å². The molecule has 1 aromatic carbocycles. The van der Waals surface area contributed by atoms with E-state index in [0.717, 1.165) is 19.5 Å². The lowest BCUT2D eigenvalue weighted by Gasteiger charge is -2.28. The SMILES string of the molecule is COCCN(CC1CCCN1)c1ccc(C#N)cc1F. The van der Waals surface area contributed by atoms with E-state index in [4.69, 9.17) is 10.00 Å².